The quantitative estimate of drug-likeness (QED) is 0.662. The average molecular weight is 213 g/mol. The number of ether oxygens (including phenoxy) is 2. The summed E-state index contributed by atoms with van der Waals surface area (Å²) < 4.78 is 11.6. The monoisotopic (exact) mass is 213 g/mol. The van der Waals surface area contributed by atoms with E-state index >= 15 is 0 Å². The van der Waals surface area contributed by atoms with E-state index in [4.69, 9.17) is 9.47 Å². The Labute approximate surface area is 92.5 Å². The number of rotatable bonds is 0. The van der Waals surface area contributed by atoms with Gasteiger partial charge in [0.15, 0.2) is 0 Å². The third-order valence-corrected chi connectivity index (χ3v) is 3.57. The summed E-state index contributed by atoms with van der Waals surface area (Å²) >= 11 is 0. The Balaban J connectivity index is 2.17. The molecule has 15 heavy (non-hydrogen) atoms. The van der Waals surface area contributed by atoms with Gasteiger partial charge in [0, 0.05) is 38.6 Å². The molecule has 0 aromatic carbocycles. The van der Waals surface area contributed by atoms with E-state index in [0.29, 0.717) is 6.04 Å². The van der Waals surface area contributed by atoms with Crippen LogP contribution >= 0.6 is 0 Å². The van der Waals surface area contributed by atoms with Crippen LogP contribution in [0.25, 0.3) is 0 Å². The van der Waals surface area contributed by atoms with Crippen molar-refractivity contribution in [3.05, 3.63) is 0 Å². The predicted octanol–water partition coefficient (Wildman–Crippen LogP) is 1.57. The molecule has 1 atom stereocenters. The number of morpholine rings is 1. The second-order valence-electron chi connectivity index (χ2n) is 5.78. The molecule has 2 saturated heterocycles. The van der Waals surface area contributed by atoms with Crippen molar-refractivity contribution < 1.29 is 9.47 Å². The molecule has 1 unspecified atom stereocenters. The first-order valence-corrected chi connectivity index (χ1v) is 6.00. The van der Waals surface area contributed by atoms with Gasteiger partial charge in [0.2, 0.25) is 0 Å². The molecule has 0 aromatic rings. The Morgan fingerprint density at radius 3 is 2.40 bits per heavy atom. The summed E-state index contributed by atoms with van der Waals surface area (Å²) in [5.41, 5.74) is 0.270. The highest BCUT2D eigenvalue weighted by atomic mass is 16.5. The van der Waals surface area contributed by atoms with Gasteiger partial charge in [0.25, 0.3) is 0 Å². The number of hydrogen-bond acceptors (Lipinski definition) is 3. The SMILES string of the molecule is CC(C)(C)C1NCCOC12CCOCC2. The van der Waals surface area contributed by atoms with Crippen LogP contribution < -0.4 is 5.32 Å². The number of hydrogen-bond donors (Lipinski definition) is 1. The minimum absolute atomic E-state index is 0.0226. The van der Waals surface area contributed by atoms with Gasteiger partial charge in [-0.25, -0.2) is 0 Å². The Kier molecular flexibility index (Phi) is 3.06. The van der Waals surface area contributed by atoms with Crippen molar-refractivity contribution in [2.75, 3.05) is 26.4 Å². The summed E-state index contributed by atoms with van der Waals surface area (Å²) in [6, 6.07) is 0.447. The first-order chi connectivity index (χ1) is 7.05. The van der Waals surface area contributed by atoms with Gasteiger partial charge < -0.3 is 14.8 Å². The highest BCUT2D eigenvalue weighted by Crippen LogP contribution is 2.38. The lowest BCUT2D eigenvalue weighted by Gasteiger charge is -2.51. The molecule has 2 heterocycles. The topological polar surface area (TPSA) is 30.5 Å². The molecular weight excluding hydrogens is 190 g/mol. The standard InChI is InChI=1S/C12H23NO2/c1-11(2,3)10-12(15-9-6-13-10)4-7-14-8-5-12/h10,13H,4-9H2,1-3H3. The molecule has 1 N–H and O–H groups in total. The van der Waals surface area contributed by atoms with E-state index in [1.807, 2.05) is 0 Å². The average Bonchev–Trinajstić information content (AvgIpc) is 2.18. The second-order valence-corrected chi connectivity index (χ2v) is 5.78. The van der Waals surface area contributed by atoms with Crippen molar-refractivity contribution in [2.24, 2.45) is 5.41 Å². The molecule has 2 fully saturated rings. The van der Waals surface area contributed by atoms with E-state index in [1.54, 1.807) is 0 Å². The fourth-order valence-electron chi connectivity index (χ4n) is 2.97. The summed E-state index contributed by atoms with van der Waals surface area (Å²) in [4.78, 5) is 0. The van der Waals surface area contributed by atoms with E-state index in [1.165, 1.54) is 0 Å². The van der Waals surface area contributed by atoms with Gasteiger partial charge in [-0.05, 0) is 5.41 Å². The van der Waals surface area contributed by atoms with Crippen molar-refractivity contribution >= 4 is 0 Å². The lowest BCUT2D eigenvalue weighted by molar-refractivity contribution is -0.166. The van der Waals surface area contributed by atoms with Gasteiger partial charge in [-0.2, -0.15) is 0 Å². The molecule has 3 nitrogen and oxygen atoms in total. The molecule has 0 aliphatic carbocycles. The molecule has 0 aromatic heterocycles. The Morgan fingerprint density at radius 2 is 1.80 bits per heavy atom. The molecule has 2 aliphatic heterocycles. The molecule has 2 aliphatic rings. The van der Waals surface area contributed by atoms with Gasteiger partial charge in [-0.15, -0.1) is 0 Å². The normalized spacial score (nSPS) is 31.8. The van der Waals surface area contributed by atoms with Crippen LogP contribution in [0.3, 0.4) is 0 Å². The Hall–Kier alpha value is -0.120. The van der Waals surface area contributed by atoms with Crippen molar-refractivity contribution in [3.8, 4) is 0 Å². The van der Waals surface area contributed by atoms with Gasteiger partial charge >= 0.3 is 0 Å². The van der Waals surface area contributed by atoms with Crippen LogP contribution in [0.4, 0.5) is 0 Å². The zero-order chi connectivity index (χ0) is 10.9. The maximum atomic E-state index is 6.10. The molecule has 0 amide bonds. The molecular formula is C12H23NO2. The van der Waals surface area contributed by atoms with Crippen molar-refractivity contribution in [1.29, 1.82) is 0 Å². The summed E-state index contributed by atoms with van der Waals surface area (Å²) in [5.74, 6) is 0. The first kappa shape index (κ1) is 11.4. The molecule has 2 rings (SSSR count). The lowest BCUT2D eigenvalue weighted by atomic mass is 9.72. The minimum Gasteiger partial charge on any atom is -0.381 e. The third kappa shape index (κ3) is 2.19. The van der Waals surface area contributed by atoms with Crippen LogP contribution in [0.2, 0.25) is 0 Å². The van der Waals surface area contributed by atoms with Gasteiger partial charge in [0.1, 0.15) is 0 Å². The van der Waals surface area contributed by atoms with Crippen molar-refractivity contribution in [3.63, 3.8) is 0 Å². The molecule has 0 bridgehead atoms. The highest BCUT2D eigenvalue weighted by Gasteiger charge is 2.48. The zero-order valence-electron chi connectivity index (χ0n) is 10.1. The van der Waals surface area contributed by atoms with E-state index < -0.39 is 0 Å². The van der Waals surface area contributed by atoms with E-state index in [2.05, 4.69) is 26.1 Å². The first-order valence-electron chi connectivity index (χ1n) is 6.00. The summed E-state index contributed by atoms with van der Waals surface area (Å²) in [5, 5.41) is 3.64. The largest absolute Gasteiger partial charge is 0.381 e. The maximum absolute atomic E-state index is 6.10. The Morgan fingerprint density at radius 1 is 1.13 bits per heavy atom. The summed E-state index contributed by atoms with van der Waals surface area (Å²) in [7, 11) is 0. The van der Waals surface area contributed by atoms with Crippen LogP contribution in [-0.4, -0.2) is 38.0 Å². The molecule has 0 saturated carbocycles. The molecule has 0 radical (unpaired) electrons. The maximum Gasteiger partial charge on any atom is 0.0884 e. The molecule has 88 valence electrons. The number of nitrogens with one attached hydrogen (secondary N) is 1. The van der Waals surface area contributed by atoms with Crippen LogP contribution in [0.1, 0.15) is 33.6 Å². The molecule has 3 heteroatoms. The fourth-order valence-corrected chi connectivity index (χ4v) is 2.97. The van der Waals surface area contributed by atoms with Gasteiger partial charge in [-0.1, -0.05) is 20.8 Å². The van der Waals surface area contributed by atoms with Crippen molar-refractivity contribution in [2.45, 2.75) is 45.3 Å². The van der Waals surface area contributed by atoms with E-state index in [0.717, 1.165) is 39.2 Å². The van der Waals surface area contributed by atoms with Crippen LogP contribution in [0.15, 0.2) is 0 Å². The summed E-state index contributed by atoms with van der Waals surface area (Å²) in [6.45, 7) is 10.4. The highest BCUT2D eigenvalue weighted by molar-refractivity contribution is 5.02. The third-order valence-electron chi connectivity index (χ3n) is 3.57. The van der Waals surface area contributed by atoms with Crippen LogP contribution in [-0.2, 0) is 9.47 Å². The lowest BCUT2D eigenvalue weighted by Crippen LogP contribution is -2.64. The van der Waals surface area contributed by atoms with Crippen LogP contribution in [0, 0.1) is 5.41 Å². The fraction of sp³-hybridized carbons (Fsp3) is 1.00. The van der Waals surface area contributed by atoms with E-state index in [9.17, 15) is 0 Å². The molecule has 1 spiro atoms. The smallest absolute Gasteiger partial charge is 0.0884 e. The van der Waals surface area contributed by atoms with Gasteiger partial charge in [-0.3, -0.25) is 0 Å². The minimum atomic E-state index is 0.0226. The van der Waals surface area contributed by atoms with Gasteiger partial charge in [0.05, 0.1) is 12.2 Å². The van der Waals surface area contributed by atoms with E-state index in [-0.39, 0.29) is 11.0 Å². The summed E-state index contributed by atoms with van der Waals surface area (Å²) in [6.07, 6.45) is 2.06. The zero-order valence-corrected chi connectivity index (χ0v) is 10.1. The second kappa shape index (κ2) is 4.04. The Bertz CT molecular complexity index is 208. The van der Waals surface area contributed by atoms with Crippen LogP contribution in [0.5, 0.6) is 0 Å². The predicted molar refractivity (Wildman–Crippen MR) is 60.0 cm³/mol. The van der Waals surface area contributed by atoms with Crippen molar-refractivity contribution in [1.82, 2.24) is 5.32 Å².